The molecule has 7 heteroatoms. The molecule has 1 saturated heterocycles. The molecule has 50 heavy (non-hydrogen) atoms. The molecule has 0 aromatic heterocycles. The molecule has 3 saturated carbocycles. The number of carbonyl (C=O) groups excluding carboxylic acids is 2. The predicted octanol–water partition coefficient (Wildman–Crippen LogP) is 9.29. The molecule has 1 heterocycles. The van der Waals surface area contributed by atoms with Gasteiger partial charge in [-0.2, -0.15) is 0 Å². The maximum Gasteiger partial charge on any atom is 0.309 e. The number of ether oxygens (including phenoxy) is 3. The maximum absolute atomic E-state index is 13.5. The second-order valence-electron chi connectivity index (χ2n) is 20.0. The van der Waals surface area contributed by atoms with Crippen molar-refractivity contribution in [3.05, 3.63) is 0 Å². The third-order valence-corrected chi connectivity index (χ3v) is 15.1. The number of rotatable bonds is 16. The van der Waals surface area contributed by atoms with Crippen LogP contribution in [0.4, 0.5) is 0 Å². The highest BCUT2D eigenvalue weighted by atomic mass is 16.6. The lowest BCUT2D eigenvalue weighted by molar-refractivity contribution is -0.185. The number of aliphatic hydroxyl groups excluding tert-OH is 1. The lowest BCUT2D eigenvalue weighted by Gasteiger charge is -2.59. The number of carbonyl (C=O) groups is 2. The first-order valence-electron chi connectivity index (χ1n) is 20.5. The van der Waals surface area contributed by atoms with E-state index in [4.69, 9.17) is 14.2 Å². The summed E-state index contributed by atoms with van der Waals surface area (Å²) in [5.41, 5.74) is -1.46. The van der Waals surface area contributed by atoms with Crippen LogP contribution in [0.2, 0.25) is 0 Å². The molecular formula is C43H76O7. The molecule has 4 aliphatic rings. The van der Waals surface area contributed by atoms with Gasteiger partial charge in [-0.05, 0) is 138 Å². The Morgan fingerprint density at radius 3 is 1.82 bits per heavy atom. The zero-order valence-corrected chi connectivity index (χ0v) is 34.3. The van der Waals surface area contributed by atoms with E-state index in [1.165, 1.54) is 12.8 Å². The van der Waals surface area contributed by atoms with Crippen molar-refractivity contribution < 1.29 is 34.0 Å². The smallest absolute Gasteiger partial charge is 0.309 e. The molecule has 290 valence electrons. The third-order valence-electron chi connectivity index (χ3n) is 15.1. The molecule has 4 fully saturated rings. The van der Waals surface area contributed by atoms with Crippen molar-refractivity contribution in [2.75, 3.05) is 0 Å². The van der Waals surface area contributed by atoms with E-state index in [2.05, 4.69) is 62.3 Å². The van der Waals surface area contributed by atoms with E-state index in [0.717, 1.165) is 64.2 Å². The lowest BCUT2D eigenvalue weighted by Crippen LogP contribution is -2.56. The number of unbranched alkanes of at least 4 members (excludes halogenated alkanes) is 1. The molecule has 0 radical (unpaired) electrons. The third kappa shape index (κ3) is 8.30. The Balaban J connectivity index is 1.54. The second kappa shape index (κ2) is 15.3. The number of fused-ring (bicyclic) bond motifs is 1. The second-order valence-corrected chi connectivity index (χ2v) is 20.0. The Hall–Kier alpha value is -1.18. The lowest BCUT2D eigenvalue weighted by atomic mass is 9.46. The van der Waals surface area contributed by atoms with Crippen LogP contribution in [0, 0.1) is 57.7 Å². The topological polar surface area (TPSA) is 102 Å². The first-order chi connectivity index (χ1) is 23.0. The largest absolute Gasteiger partial charge is 0.462 e. The zero-order valence-electron chi connectivity index (χ0n) is 34.3. The summed E-state index contributed by atoms with van der Waals surface area (Å²) in [7, 11) is 0. The van der Waals surface area contributed by atoms with Crippen LogP contribution in [0.5, 0.6) is 0 Å². The molecule has 0 amide bonds. The van der Waals surface area contributed by atoms with Crippen molar-refractivity contribution >= 4 is 11.9 Å². The fourth-order valence-corrected chi connectivity index (χ4v) is 10.6. The Morgan fingerprint density at radius 1 is 0.780 bits per heavy atom. The van der Waals surface area contributed by atoms with E-state index in [0.29, 0.717) is 5.92 Å². The van der Waals surface area contributed by atoms with Gasteiger partial charge in [0, 0.05) is 5.92 Å². The predicted molar refractivity (Wildman–Crippen MR) is 199 cm³/mol. The van der Waals surface area contributed by atoms with E-state index in [9.17, 15) is 19.8 Å². The average Bonchev–Trinajstić information content (AvgIpc) is 3.61. The monoisotopic (exact) mass is 705 g/mol. The van der Waals surface area contributed by atoms with Crippen molar-refractivity contribution in [2.45, 2.75) is 203 Å². The molecule has 3 aliphatic carbocycles. The van der Waals surface area contributed by atoms with Crippen molar-refractivity contribution in [3.63, 3.8) is 0 Å². The summed E-state index contributed by atoms with van der Waals surface area (Å²) >= 11 is 0. The summed E-state index contributed by atoms with van der Waals surface area (Å²) in [4.78, 5) is 26.3. The molecule has 7 nitrogen and oxygen atoms in total. The van der Waals surface area contributed by atoms with E-state index < -0.39 is 17.3 Å². The quantitative estimate of drug-likeness (QED) is 0.122. The summed E-state index contributed by atoms with van der Waals surface area (Å²) in [6, 6.07) is 0. The van der Waals surface area contributed by atoms with Gasteiger partial charge in [0.15, 0.2) is 0 Å². The summed E-state index contributed by atoms with van der Waals surface area (Å²) < 4.78 is 19.3. The van der Waals surface area contributed by atoms with Gasteiger partial charge in [0.05, 0.1) is 35.2 Å². The molecule has 1 spiro atoms. The molecule has 2 N–H and O–H groups in total. The van der Waals surface area contributed by atoms with Gasteiger partial charge in [-0.1, -0.05) is 69.2 Å². The van der Waals surface area contributed by atoms with Crippen LogP contribution in [0.15, 0.2) is 0 Å². The minimum Gasteiger partial charge on any atom is -0.462 e. The highest BCUT2D eigenvalue weighted by molar-refractivity contribution is 5.72. The van der Waals surface area contributed by atoms with E-state index in [1.807, 2.05) is 27.7 Å². The molecule has 11 atom stereocenters. The molecule has 0 bridgehead atoms. The van der Waals surface area contributed by atoms with Crippen LogP contribution >= 0.6 is 0 Å². The van der Waals surface area contributed by atoms with Crippen molar-refractivity contribution in [1.82, 2.24) is 0 Å². The van der Waals surface area contributed by atoms with Crippen LogP contribution in [0.1, 0.15) is 167 Å². The van der Waals surface area contributed by atoms with Crippen molar-refractivity contribution in [3.8, 4) is 0 Å². The van der Waals surface area contributed by atoms with Gasteiger partial charge < -0.3 is 24.4 Å². The maximum atomic E-state index is 13.5. The summed E-state index contributed by atoms with van der Waals surface area (Å²) in [6.45, 7) is 27.1. The van der Waals surface area contributed by atoms with E-state index in [-0.39, 0.29) is 82.0 Å². The van der Waals surface area contributed by atoms with Gasteiger partial charge >= 0.3 is 11.9 Å². The van der Waals surface area contributed by atoms with Gasteiger partial charge in [0.1, 0.15) is 12.2 Å². The first-order valence-corrected chi connectivity index (χ1v) is 20.5. The molecule has 1 aliphatic heterocycles. The number of hydrogen-bond donors (Lipinski definition) is 2. The minimum absolute atomic E-state index is 0.0259. The van der Waals surface area contributed by atoms with E-state index in [1.54, 1.807) is 0 Å². The summed E-state index contributed by atoms with van der Waals surface area (Å²) in [6.07, 6.45) is 10.1. The standard InChI is InChI=1S/C43H76O7/c1-26(2)29(7)37(45)48-31(16-14-15-17-33(28(5)6)49-38(46)30(8)27(3)4)24-34-41(12)25-32(44)36(40(41,11)20-21-43(34)22-23-43)42(13)19-18-35(50-42)39(9,10)47/h26-36,44,47H,14-25H2,1-13H3. The van der Waals surface area contributed by atoms with Gasteiger partial charge in [-0.25, -0.2) is 0 Å². The SMILES string of the molecule is CC(C)C(CCCCC(CC1C2(CC2)CCC2(C)C(C3(C)CCC(C(C)(C)O)O3)C(O)CC12C)OC(=O)C(C)C(C)C)OC(=O)C(C)C(C)C. The van der Waals surface area contributed by atoms with Crippen LogP contribution < -0.4 is 0 Å². The van der Waals surface area contributed by atoms with Gasteiger partial charge in [0.2, 0.25) is 0 Å². The summed E-state index contributed by atoms with van der Waals surface area (Å²) in [5.74, 6) is 0.470. The fraction of sp³-hybridized carbons (Fsp3) is 0.953. The Bertz CT molecular complexity index is 1170. The zero-order chi connectivity index (χ0) is 37.6. The van der Waals surface area contributed by atoms with Gasteiger partial charge in [-0.3, -0.25) is 9.59 Å². The van der Waals surface area contributed by atoms with E-state index >= 15 is 0 Å². The molecule has 0 aromatic rings. The highest BCUT2D eigenvalue weighted by Gasteiger charge is 2.73. The molecule has 11 unspecified atom stereocenters. The Morgan fingerprint density at radius 2 is 1.32 bits per heavy atom. The number of hydrogen-bond acceptors (Lipinski definition) is 7. The molecular weight excluding hydrogens is 628 g/mol. The Labute approximate surface area is 305 Å². The highest BCUT2D eigenvalue weighted by Crippen LogP contribution is 2.77. The molecule has 4 rings (SSSR count). The van der Waals surface area contributed by atoms with Crippen LogP contribution in [0.3, 0.4) is 0 Å². The van der Waals surface area contributed by atoms with Crippen LogP contribution in [-0.4, -0.2) is 57.8 Å². The minimum atomic E-state index is -0.924. The number of aliphatic hydroxyl groups is 2. The summed E-state index contributed by atoms with van der Waals surface area (Å²) in [5, 5.41) is 22.9. The van der Waals surface area contributed by atoms with Crippen LogP contribution in [-0.2, 0) is 23.8 Å². The number of esters is 2. The van der Waals surface area contributed by atoms with Gasteiger partial charge in [0.25, 0.3) is 0 Å². The van der Waals surface area contributed by atoms with Crippen molar-refractivity contribution in [1.29, 1.82) is 0 Å². The van der Waals surface area contributed by atoms with Gasteiger partial charge in [-0.15, -0.1) is 0 Å². The first kappa shape index (κ1) is 41.6. The Kier molecular flexibility index (Phi) is 12.7. The average molecular weight is 705 g/mol. The fourth-order valence-electron chi connectivity index (χ4n) is 10.6. The molecule has 0 aromatic carbocycles. The van der Waals surface area contributed by atoms with Crippen molar-refractivity contribution in [2.24, 2.45) is 57.7 Å². The van der Waals surface area contributed by atoms with Crippen LogP contribution in [0.25, 0.3) is 0 Å². The normalized spacial score (nSPS) is 36.0.